The fraction of sp³-hybridized carbons (Fsp3) is 0.318. The Bertz CT molecular complexity index is 1250. The summed E-state index contributed by atoms with van der Waals surface area (Å²) in [5, 5.41) is 0.628. The van der Waals surface area contributed by atoms with Gasteiger partial charge < -0.3 is 9.30 Å². The molecule has 0 saturated carbocycles. The lowest BCUT2D eigenvalue weighted by molar-refractivity contribution is 0.0185. The highest BCUT2D eigenvalue weighted by Crippen LogP contribution is 2.33. The maximum Gasteiger partial charge on any atom is 0.250 e. The Labute approximate surface area is 168 Å². The average Bonchev–Trinajstić information content (AvgIpc) is 2.70. The van der Waals surface area contributed by atoms with E-state index in [9.17, 15) is 17.6 Å². The molecule has 1 aliphatic heterocycles. The van der Waals surface area contributed by atoms with E-state index in [1.165, 1.54) is 28.8 Å². The topological polar surface area (TPSA) is 65.4 Å². The summed E-state index contributed by atoms with van der Waals surface area (Å²) in [6.07, 6.45) is 1.52. The van der Waals surface area contributed by atoms with Crippen LogP contribution in [0.4, 0.5) is 4.39 Å². The molecule has 0 spiro atoms. The van der Waals surface area contributed by atoms with Gasteiger partial charge in [-0.2, -0.15) is 0 Å². The molecule has 2 heterocycles. The fourth-order valence-electron chi connectivity index (χ4n) is 3.94. The zero-order valence-corrected chi connectivity index (χ0v) is 17.1. The minimum Gasteiger partial charge on any atom is -0.378 e. The fourth-order valence-corrected chi connectivity index (χ4v) is 5.30. The van der Waals surface area contributed by atoms with Crippen molar-refractivity contribution in [2.75, 3.05) is 6.61 Å². The van der Waals surface area contributed by atoms with Crippen LogP contribution in [0.3, 0.4) is 0 Å². The van der Waals surface area contributed by atoms with Crippen LogP contribution in [0.25, 0.3) is 10.9 Å². The van der Waals surface area contributed by atoms with Crippen LogP contribution in [0.1, 0.15) is 31.2 Å². The summed E-state index contributed by atoms with van der Waals surface area (Å²) in [5.41, 5.74) is 1.14. The maximum atomic E-state index is 14.3. The van der Waals surface area contributed by atoms with Crippen molar-refractivity contribution in [1.82, 2.24) is 4.57 Å². The molecule has 1 aliphatic rings. The highest BCUT2D eigenvalue weighted by Gasteiger charge is 2.25. The van der Waals surface area contributed by atoms with E-state index < -0.39 is 15.7 Å². The number of nitrogens with zero attached hydrogens (tertiary/aromatic N) is 1. The minimum atomic E-state index is -3.91. The second kappa shape index (κ2) is 7.39. The molecule has 0 N–H and O–H groups in total. The first-order valence-electron chi connectivity index (χ1n) is 9.53. The number of aryl methyl sites for hydroxylation is 1. The van der Waals surface area contributed by atoms with Crippen molar-refractivity contribution in [2.24, 2.45) is 7.05 Å². The zero-order valence-electron chi connectivity index (χ0n) is 16.3. The standard InChI is InChI=1S/C22H22FNO4S/c1-14-9-15(7-8-28-14)17-10-18(23)13-20(12-17)29(26,27)19-4-5-21-16(11-19)3-6-22(25)24(21)2/h3-6,10-15H,7-9H2,1-2H3. The molecule has 2 aromatic carbocycles. The van der Waals surface area contributed by atoms with E-state index in [0.29, 0.717) is 23.1 Å². The Morgan fingerprint density at radius 3 is 2.62 bits per heavy atom. The molecule has 3 aromatic rings. The molecule has 1 aromatic heterocycles. The summed E-state index contributed by atoms with van der Waals surface area (Å²) in [7, 11) is -2.28. The molecule has 1 fully saturated rings. The van der Waals surface area contributed by atoms with E-state index in [0.717, 1.165) is 18.9 Å². The van der Waals surface area contributed by atoms with E-state index in [4.69, 9.17) is 4.74 Å². The first-order chi connectivity index (χ1) is 13.8. The molecule has 29 heavy (non-hydrogen) atoms. The van der Waals surface area contributed by atoms with Crippen LogP contribution in [0.15, 0.2) is 63.1 Å². The van der Waals surface area contributed by atoms with Crippen LogP contribution in [0, 0.1) is 5.82 Å². The predicted molar refractivity (Wildman–Crippen MR) is 108 cm³/mol. The molecule has 0 aliphatic carbocycles. The molecular weight excluding hydrogens is 393 g/mol. The van der Waals surface area contributed by atoms with Gasteiger partial charge in [-0.05, 0) is 79.1 Å². The summed E-state index contributed by atoms with van der Waals surface area (Å²) < 4.78 is 47.8. The number of ether oxygens (including phenoxy) is 1. The van der Waals surface area contributed by atoms with E-state index in [2.05, 4.69) is 0 Å². The zero-order chi connectivity index (χ0) is 20.8. The Kier molecular flexibility index (Phi) is 5.04. The summed E-state index contributed by atoms with van der Waals surface area (Å²) in [5.74, 6) is -0.502. The summed E-state index contributed by atoms with van der Waals surface area (Å²) in [4.78, 5) is 11.8. The number of benzene rings is 2. The molecule has 1 saturated heterocycles. The van der Waals surface area contributed by atoms with Crippen molar-refractivity contribution >= 4 is 20.7 Å². The maximum absolute atomic E-state index is 14.3. The molecule has 152 valence electrons. The van der Waals surface area contributed by atoms with E-state index in [1.807, 2.05) is 6.92 Å². The van der Waals surface area contributed by atoms with E-state index >= 15 is 0 Å². The second-order valence-electron chi connectivity index (χ2n) is 7.58. The van der Waals surface area contributed by atoms with Crippen molar-refractivity contribution in [3.05, 3.63) is 70.3 Å². The lowest BCUT2D eigenvalue weighted by Gasteiger charge is -2.27. The first-order valence-corrected chi connectivity index (χ1v) is 11.0. The van der Waals surface area contributed by atoms with Crippen molar-refractivity contribution in [3.63, 3.8) is 0 Å². The molecule has 0 amide bonds. The third-order valence-electron chi connectivity index (χ3n) is 5.57. The second-order valence-corrected chi connectivity index (χ2v) is 9.53. The van der Waals surface area contributed by atoms with Gasteiger partial charge in [0.1, 0.15) is 5.82 Å². The highest BCUT2D eigenvalue weighted by molar-refractivity contribution is 7.91. The normalized spacial score (nSPS) is 20.1. The summed E-state index contributed by atoms with van der Waals surface area (Å²) >= 11 is 0. The predicted octanol–water partition coefficient (Wildman–Crippen LogP) is 3.79. The minimum absolute atomic E-state index is 0.0594. The SMILES string of the molecule is CC1CC(c2cc(F)cc(S(=O)(=O)c3ccc4c(ccc(=O)n4C)c3)c2)CCO1. The van der Waals surface area contributed by atoms with Crippen LogP contribution >= 0.6 is 0 Å². The molecule has 0 bridgehead atoms. The van der Waals surface area contributed by atoms with Gasteiger partial charge in [0.15, 0.2) is 0 Å². The Balaban J connectivity index is 1.78. The van der Waals surface area contributed by atoms with Gasteiger partial charge in [-0.15, -0.1) is 0 Å². The molecule has 4 rings (SSSR count). The number of rotatable bonds is 3. The Morgan fingerprint density at radius 2 is 1.86 bits per heavy atom. The van der Waals surface area contributed by atoms with Crippen molar-refractivity contribution < 1.29 is 17.5 Å². The van der Waals surface area contributed by atoms with Crippen LogP contribution in [0.2, 0.25) is 0 Å². The van der Waals surface area contributed by atoms with E-state index in [1.54, 1.807) is 25.2 Å². The third-order valence-corrected chi connectivity index (χ3v) is 7.30. The lowest BCUT2D eigenvalue weighted by atomic mass is 9.89. The third kappa shape index (κ3) is 3.72. The van der Waals surface area contributed by atoms with Gasteiger partial charge in [-0.1, -0.05) is 0 Å². The lowest BCUT2D eigenvalue weighted by Crippen LogP contribution is -2.22. The molecule has 2 unspecified atom stereocenters. The molecule has 7 heteroatoms. The van der Waals surface area contributed by atoms with Crippen LogP contribution in [-0.4, -0.2) is 25.7 Å². The van der Waals surface area contributed by atoms with Gasteiger partial charge in [-0.3, -0.25) is 4.79 Å². The Hall–Kier alpha value is -2.51. The smallest absolute Gasteiger partial charge is 0.250 e. The van der Waals surface area contributed by atoms with Gasteiger partial charge in [0.05, 0.1) is 21.4 Å². The van der Waals surface area contributed by atoms with Gasteiger partial charge in [-0.25, -0.2) is 12.8 Å². The number of fused-ring (bicyclic) bond motifs is 1. The van der Waals surface area contributed by atoms with Crippen LogP contribution in [-0.2, 0) is 21.6 Å². The van der Waals surface area contributed by atoms with Crippen LogP contribution < -0.4 is 5.56 Å². The van der Waals surface area contributed by atoms with Gasteiger partial charge >= 0.3 is 0 Å². The highest BCUT2D eigenvalue weighted by atomic mass is 32.2. The van der Waals surface area contributed by atoms with Gasteiger partial charge in [0.2, 0.25) is 9.84 Å². The molecule has 0 radical (unpaired) electrons. The molecule has 2 atom stereocenters. The van der Waals surface area contributed by atoms with Gasteiger partial charge in [0.25, 0.3) is 5.56 Å². The number of sulfone groups is 1. The summed E-state index contributed by atoms with van der Waals surface area (Å²) in [6.45, 7) is 2.54. The van der Waals surface area contributed by atoms with Crippen molar-refractivity contribution in [2.45, 2.75) is 41.6 Å². The number of halogens is 1. The number of hydrogen-bond acceptors (Lipinski definition) is 4. The molecular formula is C22H22FNO4S. The number of aromatic nitrogens is 1. The van der Waals surface area contributed by atoms with Crippen molar-refractivity contribution in [3.8, 4) is 0 Å². The van der Waals surface area contributed by atoms with Crippen LogP contribution in [0.5, 0.6) is 0 Å². The largest absolute Gasteiger partial charge is 0.378 e. The monoisotopic (exact) mass is 415 g/mol. The average molecular weight is 415 g/mol. The Morgan fingerprint density at radius 1 is 1.07 bits per heavy atom. The quantitative estimate of drug-likeness (QED) is 0.653. The van der Waals surface area contributed by atoms with Crippen molar-refractivity contribution in [1.29, 1.82) is 0 Å². The number of pyridine rings is 1. The number of hydrogen-bond donors (Lipinski definition) is 0. The van der Waals surface area contributed by atoms with Gasteiger partial charge in [0, 0.05) is 19.7 Å². The van der Waals surface area contributed by atoms with E-state index in [-0.39, 0.29) is 27.4 Å². The first kappa shape index (κ1) is 19.8. The molecule has 5 nitrogen and oxygen atoms in total. The summed E-state index contributed by atoms with van der Waals surface area (Å²) in [6, 6.07) is 11.6.